The number of rotatable bonds is 8. The van der Waals surface area contributed by atoms with Crippen LogP contribution < -0.4 is 0 Å². The van der Waals surface area contributed by atoms with Crippen LogP contribution in [0, 0.1) is 5.92 Å². The summed E-state index contributed by atoms with van der Waals surface area (Å²) in [7, 11) is 0. The molecule has 0 spiro atoms. The monoisotopic (exact) mass is 349 g/mol. The molecule has 1 atom stereocenters. The molecule has 0 radical (unpaired) electrons. The van der Waals surface area contributed by atoms with Crippen molar-refractivity contribution in [1.82, 2.24) is 5.16 Å². The van der Waals surface area contributed by atoms with Crippen LogP contribution in [0.4, 0.5) is 0 Å². The Morgan fingerprint density at radius 2 is 2.08 bits per heavy atom. The molecule has 0 aliphatic carbocycles. The van der Waals surface area contributed by atoms with E-state index < -0.39 is 0 Å². The molecular weight excluding hydrogens is 326 g/mol. The van der Waals surface area contributed by atoms with Gasteiger partial charge in [-0.05, 0) is 24.3 Å². The van der Waals surface area contributed by atoms with Gasteiger partial charge in [0.2, 0.25) is 0 Å². The summed E-state index contributed by atoms with van der Waals surface area (Å²) < 4.78 is 16.1. The van der Waals surface area contributed by atoms with E-state index in [1.165, 1.54) is 0 Å². The van der Waals surface area contributed by atoms with E-state index >= 15 is 0 Å². The van der Waals surface area contributed by atoms with E-state index in [0.717, 1.165) is 31.6 Å². The molecular formula is C18H23NO4S. The Hall–Kier alpha value is -1.63. The molecule has 3 rings (SSSR count). The largest absolute Gasteiger partial charge is 0.381 e. The van der Waals surface area contributed by atoms with Crippen LogP contribution in [-0.2, 0) is 22.7 Å². The van der Waals surface area contributed by atoms with E-state index in [2.05, 4.69) is 5.16 Å². The number of ketones is 1. The van der Waals surface area contributed by atoms with Gasteiger partial charge in [0.25, 0.3) is 0 Å². The van der Waals surface area contributed by atoms with Crippen molar-refractivity contribution in [1.29, 1.82) is 0 Å². The van der Waals surface area contributed by atoms with Gasteiger partial charge in [0, 0.05) is 25.7 Å². The predicted molar refractivity (Wildman–Crippen MR) is 94.3 cm³/mol. The Kier molecular flexibility index (Phi) is 7.49. The lowest BCUT2D eigenvalue weighted by Gasteiger charge is -2.04. The Morgan fingerprint density at radius 1 is 1.25 bits per heavy atom. The molecule has 1 aromatic carbocycles. The quantitative estimate of drug-likeness (QED) is 0.683. The maximum Gasteiger partial charge on any atom is 0.184 e. The molecule has 5 nitrogen and oxygen atoms in total. The number of carbonyl (C=O) groups is 1. The summed E-state index contributed by atoms with van der Waals surface area (Å²) in [5.41, 5.74) is 1.49. The van der Waals surface area contributed by atoms with Gasteiger partial charge in [-0.25, -0.2) is 0 Å². The molecule has 2 heterocycles. The Balaban J connectivity index is 0.00000208. The predicted octanol–water partition coefficient (Wildman–Crippen LogP) is 3.50. The second-order valence-electron chi connectivity index (χ2n) is 5.85. The van der Waals surface area contributed by atoms with Crippen molar-refractivity contribution in [3.63, 3.8) is 0 Å². The topological polar surface area (TPSA) is 61.6 Å². The normalized spacial score (nSPS) is 16.8. The standard InChI is InChI=1S/C18H21NO4.H2S/c20-18(7-6-15-8-9-21-11-15)17-10-16(23-19-17)13-22-12-14-4-2-1-3-5-14;/h1-5,10,15H,6-9,11-13H2;1H2/t15-;/m1./s1. The fourth-order valence-corrected chi connectivity index (χ4v) is 2.63. The molecule has 24 heavy (non-hydrogen) atoms. The molecule has 0 bridgehead atoms. The third-order valence-electron chi connectivity index (χ3n) is 4.00. The van der Waals surface area contributed by atoms with Crippen LogP contribution in [0.1, 0.15) is 41.1 Å². The summed E-state index contributed by atoms with van der Waals surface area (Å²) in [5, 5.41) is 3.85. The second-order valence-corrected chi connectivity index (χ2v) is 5.85. The average molecular weight is 349 g/mol. The summed E-state index contributed by atoms with van der Waals surface area (Å²) in [6.45, 7) is 2.40. The van der Waals surface area contributed by atoms with Crippen LogP contribution >= 0.6 is 13.5 Å². The van der Waals surface area contributed by atoms with Gasteiger partial charge in [-0.1, -0.05) is 35.5 Å². The minimum absolute atomic E-state index is 0. The summed E-state index contributed by atoms with van der Waals surface area (Å²) >= 11 is 0. The summed E-state index contributed by atoms with van der Waals surface area (Å²) in [5.74, 6) is 1.10. The van der Waals surface area contributed by atoms with Crippen molar-refractivity contribution >= 4 is 19.3 Å². The number of ether oxygens (including phenoxy) is 2. The number of hydrogen-bond acceptors (Lipinski definition) is 5. The first-order valence-electron chi connectivity index (χ1n) is 7.99. The highest BCUT2D eigenvalue weighted by molar-refractivity contribution is 7.59. The van der Waals surface area contributed by atoms with E-state index in [0.29, 0.717) is 37.0 Å². The lowest BCUT2D eigenvalue weighted by atomic mass is 10.00. The van der Waals surface area contributed by atoms with Crippen LogP contribution in [0.2, 0.25) is 0 Å². The molecule has 130 valence electrons. The molecule has 1 aliphatic rings. The fourth-order valence-electron chi connectivity index (χ4n) is 2.63. The zero-order chi connectivity index (χ0) is 15.9. The van der Waals surface area contributed by atoms with Gasteiger partial charge in [-0.2, -0.15) is 13.5 Å². The highest BCUT2D eigenvalue weighted by Crippen LogP contribution is 2.19. The highest BCUT2D eigenvalue weighted by atomic mass is 32.1. The number of aromatic nitrogens is 1. The van der Waals surface area contributed by atoms with Crippen LogP contribution in [-0.4, -0.2) is 24.2 Å². The number of nitrogens with zero attached hydrogens (tertiary/aromatic N) is 1. The van der Waals surface area contributed by atoms with Crippen LogP contribution in [0.15, 0.2) is 40.9 Å². The van der Waals surface area contributed by atoms with E-state index in [4.69, 9.17) is 14.0 Å². The van der Waals surface area contributed by atoms with E-state index in [1.54, 1.807) is 6.07 Å². The van der Waals surface area contributed by atoms with Crippen molar-refractivity contribution in [2.75, 3.05) is 13.2 Å². The molecule has 2 aromatic rings. The van der Waals surface area contributed by atoms with Crippen molar-refractivity contribution in [2.45, 2.75) is 32.5 Å². The van der Waals surface area contributed by atoms with Gasteiger partial charge < -0.3 is 14.0 Å². The highest BCUT2D eigenvalue weighted by Gasteiger charge is 2.19. The first kappa shape index (κ1) is 18.7. The van der Waals surface area contributed by atoms with E-state index in [-0.39, 0.29) is 19.3 Å². The Morgan fingerprint density at radius 3 is 2.83 bits per heavy atom. The number of benzene rings is 1. The Labute approximate surface area is 148 Å². The zero-order valence-electron chi connectivity index (χ0n) is 13.6. The number of Topliss-reactive ketones (excluding diaryl/α,β-unsaturated/α-hetero) is 1. The van der Waals surface area contributed by atoms with Gasteiger partial charge in [-0.15, -0.1) is 0 Å². The SMILES string of the molecule is O=C(CC[C@@H]1CCOC1)c1cc(COCc2ccccc2)on1.S. The third-order valence-corrected chi connectivity index (χ3v) is 4.00. The molecule has 0 unspecified atom stereocenters. The van der Waals surface area contributed by atoms with Crippen molar-refractivity contribution in [3.8, 4) is 0 Å². The first-order valence-corrected chi connectivity index (χ1v) is 7.99. The van der Waals surface area contributed by atoms with Crippen LogP contribution in [0.25, 0.3) is 0 Å². The second kappa shape index (κ2) is 9.61. The van der Waals surface area contributed by atoms with Crippen molar-refractivity contribution in [2.24, 2.45) is 5.92 Å². The molecule has 0 N–H and O–H groups in total. The summed E-state index contributed by atoms with van der Waals surface area (Å²) in [6, 6.07) is 11.6. The lowest BCUT2D eigenvalue weighted by molar-refractivity contribution is 0.0879. The molecule has 1 aromatic heterocycles. The molecule has 0 amide bonds. The van der Waals surface area contributed by atoms with Crippen LogP contribution in [0.3, 0.4) is 0 Å². The molecule has 6 heteroatoms. The molecule has 1 aliphatic heterocycles. The first-order chi connectivity index (χ1) is 11.3. The summed E-state index contributed by atoms with van der Waals surface area (Å²) in [6.07, 6.45) is 2.39. The summed E-state index contributed by atoms with van der Waals surface area (Å²) in [4.78, 5) is 12.1. The van der Waals surface area contributed by atoms with Gasteiger partial charge in [0.1, 0.15) is 12.3 Å². The maximum absolute atomic E-state index is 12.1. The number of carbonyl (C=O) groups excluding carboxylic acids is 1. The Bertz CT molecular complexity index is 623. The van der Waals surface area contributed by atoms with Gasteiger partial charge >= 0.3 is 0 Å². The van der Waals surface area contributed by atoms with E-state index in [1.807, 2.05) is 30.3 Å². The smallest absolute Gasteiger partial charge is 0.184 e. The molecule has 0 saturated carbocycles. The zero-order valence-corrected chi connectivity index (χ0v) is 14.6. The van der Waals surface area contributed by atoms with Crippen molar-refractivity contribution < 1.29 is 18.8 Å². The minimum atomic E-state index is 0. The van der Waals surface area contributed by atoms with Gasteiger partial charge in [0.05, 0.1) is 6.61 Å². The minimum Gasteiger partial charge on any atom is -0.381 e. The van der Waals surface area contributed by atoms with Crippen molar-refractivity contribution in [3.05, 3.63) is 53.4 Å². The lowest BCUT2D eigenvalue weighted by Crippen LogP contribution is -2.05. The average Bonchev–Trinajstić information content (AvgIpc) is 3.25. The van der Waals surface area contributed by atoms with Crippen LogP contribution in [0.5, 0.6) is 0 Å². The number of hydrogen-bond donors (Lipinski definition) is 0. The van der Waals surface area contributed by atoms with E-state index in [9.17, 15) is 4.79 Å². The maximum atomic E-state index is 12.1. The van der Waals surface area contributed by atoms with Gasteiger partial charge in [-0.3, -0.25) is 4.79 Å². The third kappa shape index (κ3) is 5.47. The van der Waals surface area contributed by atoms with Gasteiger partial charge in [0.15, 0.2) is 11.5 Å². The fraction of sp³-hybridized carbons (Fsp3) is 0.444. The molecule has 1 fully saturated rings. The molecule has 1 saturated heterocycles.